The molecule has 0 radical (unpaired) electrons. The summed E-state index contributed by atoms with van der Waals surface area (Å²) < 4.78 is 0. The minimum absolute atomic E-state index is 0.609. The molecule has 2 aliphatic heterocycles. The van der Waals surface area contributed by atoms with Gasteiger partial charge in [-0.05, 0) is 31.7 Å². The number of hydrogen-bond donors (Lipinski definition) is 1. The third-order valence-electron chi connectivity index (χ3n) is 3.31. The van der Waals surface area contributed by atoms with E-state index in [1.165, 1.54) is 12.8 Å². The van der Waals surface area contributed by atoms with E-state index in [0.717, 1.165) is 12.8 Å². The summed E-state index contributed by atoms with van der Waals surface area (Å²) in [6, 6.07) is 1.79. The molecule has 2 bridgehead atoms. The van der Waals surface area contributed by atoms with E-state index >= 15 is 0 Å². The molecule has 0 aromatic carbocycles. The van der Waals surface area contributed by atoms with Crippen LogP contribution in [0.3, 0.4) is 0 Å². The summed E-state index contributed by atoms with van der Waals surface area (Å²) in [5.41, 5.74) is -0.766. The lowest BCUT2D eigenvalue weighted by molar-refractivity contribution is 0.0107. The van der Waals surface area contributed by atoms with Crippen molar-refractivity contribution >= 4 is 11.8 Å². The molecule has 1 N–H and O–H groups in total. The van der Waals surface area contributed by atoms with E-state index in [1.807, 2.05) is 11.8 Å². The first-order valence-corrected chi connectivity index (χ1v) is 6.36. The molecule has 3 nitrogen and oxygen atoms in total. The third-order valence-corrected chi connectivity index (χ3v) is 4.88. The van der Waals surface area contributed by atoms with Crippen molar-refractivity contribution in [2.45, 2.75) is 41.8 Å². The monoisotopic (exact) mass is 222 g/mol. The van der Waals surface area contributed by atoms with Gasteiger partial charge in [-0.25, -0.2) is 9.97 Å². The normalized spacial score (nSPS) is 39.3. The molecule has 2 unspecified atom stereocenters. The van der Waals surface area contributed by atoms with Crippen LogP contribution in [0.15, 0.2) is 18.5 Å². The number of nitrogens with zero attached hydrogens (tertiary/aromatic N) is 2. The summed E-state index contributed by atoms with van der Waals surface area (Å²) in [6.45, 7) is 0. The molecule has 1 aromatic heterocycles. The van der Waals surface area contributed by atoms with Gasteiger partial charge in [0.2, 0.25) is 0 Å². The first-order chi connectivity index (χ1) is 7.26. The maximum Gasteiger partial charge on any atom is 0.160 e. The molecule has 0 saturated carbocycles. The van der Waals surface area contributed by atoms with Gasteiger partial charge in [0.1, 0.15) is 5.60 Å². The maximum absolute atomic E-state index is 10.6. The van der Waals surface area contributed by atoms with Gasteiger partial charge in [0.15, 0.2) is 5.82 Å². The van der Waals surface area contributed by atoms with Crippen molar-refractivity contribution in [3.8, 4) is 0 Å². The highest BCUT2D eigenvalue weighted by Gasteiger charge is 2.45. The number of hydrogen-bond acceptors (Lipinski definition) is 4. The first kappa shape index (κ1) is 9.60. The van der Waals surface area contributed by atoms with E-state index < -0.39 is 5.60 Å². The van der Waals surface area contributed by atoms with Crippen LogP contribution in [-0.4, -0.2) is 25.6 Å². The van der Waals surface area contributed by atoms with Crippen LogP contribution in [0.25, 0.3) is 0 Å². The van der Waals surface area contributed by atoms with Crippen molar-refractivity contribution in [1.29, 1.82) is 0 Å². The topological polar surface area (TPSA) is 46.0 Å². The zero-order chi connectivity index (χ0) is 10.3. The summed E-state index contributed by atoms with van der Waals surface area (Å²) in [7, 11) is 0. The van der Waals surface area contributed by atoms with Crippen molar-refractivity contribution in [3.63, 3.8) is 0 Å². The van der Waals surface area contributed by atoms with Gasteiger partial charge in [0, 0.05) is 22.9 Å². The van der Waals surface area contributed by atoms with Gasteiger partial charge in [0.05, 0.1) is 0 Å². The van der Waals surface area contributed by atoms with E-state index in [4.69, 9.17) is 0 Å². The van der Waals surface area contributed by atoms with E-state index in [2.05, 4.69) is 9.97 Å². The van der Waals surface area contributed by atoms with Crippen LogP contribution in [0.4, 0.5) is 0 Å². The van der Waals surface area contributed by atoms with Crippen LogP contribution in [0.1, 0.15) is 31.5 Å². The maximum atomic E-state index is 10.6. The number of aliphatic hydroxyl groups is 1. The van der Waals surface area contributed by atoms with Crippen LogP contribution < -0.4 is 0 Å². The molecule has 2 fully saturated rings. The van der Waals surface area contributed by atoms with Gasteiger partial charge in [-0.3, -0.25) is 0 Å². The van der Waals surface area contributed by atoms with E-state index in [-0.39, 0.29) is 0 Å². The fourth-order valence-electron chi connectivity index (χ4n) is 2.64. The van der Waals surface area contributed by atoms with Crippen LogP contribution >= 0.6 is 11.8 Å². The average Bonchev–Trinajstić information content (AvgIpc) is 2.60. The van der Waals surface area contributed by atoms with Crippen molar-refractivity contribution in [1.82, 2.24) is 9.97 Å². The van der Waals surface area contributed by atoms with Gasteiger partial charge >= 0.3 is 0 Å². The lowest BCUT2D eigenvalue weighted by atomic mass is 9.92. The number of aromatic nitrogens is 2. The minimum atomic E-state index is -0.766. The molecule has 0 spiro atoms. The fraction of sp³-hybridized carbons (Fsp3) is 0.636. The molecule has 80 valence electrons. The lowest BCUT2D eigenvalue weighted by Crippen LogP contribution is -2.36. The standard InChI is InChI=1S/C11H14N2OS/c14-11(10-12-4-1-5-13-10)6-8-2-3-9(7-11)15-8/h1,4-5,8-9,14H,2-3,6-7H2. The quantitative estimate of drug-likeness (QED) is 0.786. The van der Waals surface area contributed by atoms with Gasteiger partial charge in [-0.2, -0.15) is 11.8 Å². The van der Waals surface area contributed by atoms with Gasteiger partial charge in [-0.15, -0.1) is 0 Å². The van der Waals surface area contributed by atoms with Gasteiger partial charge < -0.3 is 5.11 Å². The zero-order valence-corrected chi connectivity index (χ0v) is 9.28. The first-order valence-electron chi connectivity index (χ1n) is 5.42. The predicted molar refractivity (Wildman–Crippen MR) is 59.6 cm³/mol. The summed E-state index contributed by atoms with van der Waals surface area (Å²) >= 11 is 2.03. The van der Waals surface area contributed by atoms with E-state index in [0.29, 0.717) is 16.3 Å². The molecule has 15 heavy (non-hydrogen) atoms. The molecular formula is C11H14N2OS. The predicted octanol–water partition coefficient (Wildman–Crippen LogP) is 1.72. The fourth-order valence-corrected chi connectivity index (χ4v) is 4.47. The summed E-state index contributed by atoms with van der Waals surface area (Å²) in [4.78, 5) is 8.40. The van der Waals surface area contributed by atoms with E-state index in [1.54, 1.807) is 18.5 Å². The second-order valence-corrected chi connectivity index (χ2v) is 6.08. The summed E-state index contributed by atoms with van der Waals surface area (Å²) in [5.74, 6) is 0.613. The molecule has 4 heteroatoms. The van der Waals surface area contributed by atoms with Crippen LogP contribution in [0.2, 0.25) is 0 Å². The molecule has 2 aliphatic rings. The molecule has 0 amide bonds. The molecule has 3 rings (SSSR count). The number of thioether (sulfide) groups is 1. The molecular weight excluding hydrogens is 208 g/mol. The Morgan fingerprint density at radius 3 is 2.40 bits per heavy atom. The van der Waals surface area contributed by atoms with Crippen molar-refractivity contribution in [2.75, 3.05) is 0 Å². The highest BCUT2D eigenvalue weighted by Crippen LogP contribution is 2.50. The van der Waals surface area contributed by atoms with Gasteiger partial charge in [0.25, 0.3) is 0 Å². The molecule has 1 aromatic rings. The minimum Gasteiger partial charge on any atom is -0.382 e. The van der Waals surface area contributed by atoms with Crippen molar-refractivity contribution in [3.05, 3.63) is 24.3 Å². The van der Waals surface area contributed by atoms with Gasteiger partial charge in [-0.1, -0.05) is 0 Å². The second-order valence-electron chi connectivity index (χ2n) is 4.47. The Bertz CT molecular complexity index is 345. The molecule has 3 heterocycles. The Kier molecular flexibility index (Phi) is 2.21. The SMILES string of the molecule is OC1(c2ncccn2)CC2CCC(C1)S2. The van der Waals surface area contributed by atoms with Crippen LogP contribution in [0.5, 0.6) is 0 Å². The van der Waals surface area contributed by atoms with Crippen molar-refractivity contribution in [2.24, 2.45) is 0 Å². The van der Waals surface area contributed by atoms with Crippen molar-refractivity contribution < 1.29 is 5.11 Å². The number of fused-ring (bicyclic) bond motifs is 2. The molecule has 2 saturated heterocycles. The Balaban J connectivity index is 1.91. The molecule has 2 atom stereocenters. The highest BCUT2D eigenvalue weighted by molar-refractivity contribution is 8.00. The summed E-state index contributed by atoms with van der Waals surface area (Å²) in [6.07, 6.45) is 7.54. The lowest BCUT2D eigenvalue weighted by Gasteiger charge is -2.34. The van der Waals surface area contributed by atoms with E-state index in [9.17, 15) is 5.11 Å². The zero-order valence-electron chi connectivity index (χ0n) is 8.47. The Morgan fingerprint density at radius 1 is 1.20 bits per heavy atom. The summed E-state index contributed by atoms with van der Waals surface area (Å²) in [5, 5.41) is 11.8. The Labute approximate surface area is 93.3 Å². The average molecular weight is 222 g/mol. The smallest absolute Gasteiger partial charge is 0.160 e. The largest absolute Gasteiger partial charge is 0.382 e. The third kappa shape index (κ3) is 1.66. The number of rotatable bonds is 1. The van der Waals surface area contributed by atoms with Crippen LogP contribution in [-0.2, 0) is 5.60 Å². The highest BCUT2D eigenvalue weighted by atomic mass is 32.2. The molecule has 0 aliphatic carbocycles. The van der Waals surface area contributed by atoms with Crippen LogP contribution in [0, 0.1) is 0 Å². The Hall–Kier alpha value is -0.610. The Morgan fingerprint density at radius 2 is 1.80 bits per heavy atom. The second kappa shape index (κ2) is 3.46.